The average molecular weight is 206 g/mol. The molecule has 15 heavy (non-hydrogen) atoms. The summed E-state index contributed by atoms with van der Waals surface area (Å²) in [6.07, 6.45) is 2.05. The first-order chi connectivity index (χ1) is 6.87. The van der Waals surface area contributed by atoms with E-state index >= 15 is 0 Å². The molecule has 2 heteroatoms. The van der Waals surface area contributed by atoms with Crippen LogP contribution in [0.1, 0.15) is 33.5 Å². The topological polar surface area (TPSA) is 30.2 Å². The van der Waals surface area contributed by atoms with Crippen LogP contribution in [0.2, 0.25) is 0 Å². The third kappa shape index (κ3) is 1.43. The van der Waals surface area contributed by atoms with Crippen molar-refractivity contribution in [3.8, 4) is 0 Å². The van der Waals surface area contributed by atoms with Gasteiger partial charge in [0.1, 0.15) is 11.5 Å². The Labute approximate surface area is 90.7 Å². The lowest BCUT2D eigenvalue weighted by atomic mass is 10.0. The van der Waals surface area contributed by atoms with Crippen molar-refractivity contribution in [3.63, 3.8) is 0 Å². The van der Waals surface area contributed by atoms with Crippen LogP contribution in [0, 0.1) is 16.7 Å². The molecule has 1 aliphatic carbocycles. The summed E-state index contributed by atoms with van der Waals surface area (Å²) >= 11 is 0. The van der Waals surface area contributed by atoms with Crippen molar-refractivity contribution in [2.45, 2.75) is 34.1 Å². The minimum atomic E-state index is 0.136. The Bertz CT molecular complexity index is 357. The zero-order chi connectivity index (χ0) is 11.3. The standard InChI is InChI=1S/C13H18O2/c1-12(2)11(13(12,3)4)10(14)8-9-6-5-7-15-9/h5-7,11H,8H2,1-4H3. The molecule has 0 aromatic carbocycles. The van der Waals surface area contributed by atoms with Gasteiger partial charge in [-0.1, -0.05) is 27.7 Å². The molecule has 0 saturated heterocycles. The van der Waals surface area contributed by atoms with Gasteiger partial charge in [0.2, 0.25) is 0 Å². The Morgan fingerprint density at radius 3 is 2.33 bits per heavy atom. The maximum atomic E-state index is 12.0. The Morgan fingerprint density at radius 1 is 1.33 bits per heavy atom. The molecule has 0 aliphatic heterocycles. The lowest BCUT2D eigenvalue weighted by Crippen LogP contribution is -2.09. The number of hydrogen-bond donors (Lipinski definition) is 0. The highest BCUT2D eigenvalue weighted by Crippen LogP contribution is 2.68. The van der Waals surface area contributed by atoms with Gasteiger partial charge in [-0.15, -0.1) is 0 Å². The van der Waals surface area contributed by atoms with Crippen molar-refractivity contribution >= 4 is 5.78 Å². The second kappa shape index (κ2) is 2.97. The zero-order valence-corrected chi connectivity index (χ0v) is 9.83. The van der Waals surface area contributed by atoms with E-state index in [1.165, 1.54) is 0 Å². The number of furan rings is 1. The maximum Gasteiger partial charge on any atom is 0.144 e. The molecule has 0 unspecified atom stereocenters. The van der Waals surface area contributed by atoms with E-state index in [1.807, 2.05) is 12.1 Å². The summed E-state index contributed by atoms with van der Waals surface area (Å²) in [5, 5.41) is 0. The lowest BCUT2D eigenvalue weighted by molar-refractivity contribution is -0.120. The van der Waals surface area contributed by atoms with Gasteiger partial charge < -0.3 is 4.42 Å². The fraction of sp³-hybridized carbons (Fsp3) is 0.615. The summed E-state index contributed by atoms with van der Waals surface area (Å²) in [5.41, 5.74) is 0.271. The first kappa shape index (κ1) is 10.5. The normalized spacial score (nSPS) is 22.7. The van der Waals surface area contributed by atoms with Gasteiger partial charge >= 0.3 is 0 Å². The number of rotatable bonds is 3. The second-order valence-corrected chi connectivity index (χ2v) is 5.60. The lowest BCUT2D eigenvalue weighted by Gasteiger charge is -2.03. The van der Waals surface area contributed by atoms with Crippen LogP contribution in [-0.4, -0.2) is 5.78 Å². The predicted molar refractivity (Wildman–Crippen MR) is 58.5 cm³/mol. The SMILES string of the molecule is CC1(C)C(C(=O)Cc2ccco2)C1(C)C. The summed E-state index contributed by atoms with van der Waals surface area (Å²) in [4.78, 5) is 12.0. The molecule has 1 aromatic heterocycles. The summed E-state index contributed by atoms with van der Waals surface area (Å²) in [6, 6.07) is 3.69. The van der Waals surface area contributed by atoms with Crippen LogP contribution in [0.15, 0.2) is 22.8 Å². The monoisotopic (exact) mass is 206 g/mol. The molecule has 1 heterocycles. The van der Waals surface area contributed by atoms with E-state index in [2.05, 4.69) is 27.7 Å². The average Bonchev–Trinajstić information content (AvgIpc) is 2.53. The minimum Gasteiger partial charge on any atom is -0.469 e. The molecule has 0 bridgehead atoms. The number of carbonyl (C=O) groups excluding carboxylic acids is 1. The fourth-order valence-corrected chi connectivity index (χ4v) is 2.69. The van der Waals surface area contributed by atoms with E-state index in [9.17, 15) is 4.79 Å². The molecule has 1 saturated carbocycles. The van der Waals surface area contributed by atoms with Gasteiger partial charge in [0.25, 0.3) is 0 Å². The Morgan fingerprint density at radius 2 is 1.93 bits per heavy atom. The number of hydrogen-bond acceptors (Lipinski definition) is 2. The second-order valence-electron chi connectivity index (χ2n) is 5.60. The van der Waals surface area contributed by atoms with Crippen molar-refractivity contribution in [2.75, 3.05) is 0 Å². The molecule has 1 aliphatic rings. The van der Waals surface area contributed by atoms with E-state index in [1.54, 1.807) is 6.26 Å². The summed E-state index contributed by atoms with van der Waals surface area (Å²) < 4.78 is 5.20. The molecule has 0 spiro atoms. The molecule has 2 rings (SSSR count). The Hall–Kier alpha value is -1.05. The number of ketones is 1. The van der Waals surface area contributed by atoms with Crippen molar-refractivity contribution in [1.82, 2.24) is 0 Å². The zero-order valence-electron chi connectivity index (χ0n) is 9.83. The summed E-state index contributed by atoms with van der Waals surface area (Å²) in [7, 11) is 0. The summed E-state index contributed by atoms with van der Waals surface area (Å²) in [5.74, 6) is 1.26. The maximum absolute atomic E-state index is 12.0. The van der Waals surface area contributed by atoms with Gasteiger partial charge in [-0.25, -0.2) is 0 Å². The van der Waals surface area contributed by atoms with E-state index < -0.39 is 0 Å². The van der Waals surface area contributed by atoms with Crippen molar-refractivity contribution in [1.29, 1.82) is 0 Å². The van der Waals surface area contributed by atoms with Gasteiger partial charge in [0, 0.05) is 5.92 Å². The molecule has 0 atom stereocenters. The van der Waals surface area contributed by atoms with Crippen LogP contribution in [0.3, 0.4) is 0 Å². The molecular weight excluding hydrogens is 188 g/mol. The van der Waals surface area contributed by atoms with Crippen LogP contribution >= 0.6 is 0 Å². The van der Waals surface area contributed by atoms with Crippen LogP contribution < -0.4 is 0 Å². The van der Waals surface area contributed by atoms with Gasteiger partial charge in [-0.05, 0) is 23.0 Å². The van der Waals surface area contributed by atoms with Crippen LogP contribution in [-0.2, 0) is 11.2 Å². The van der Waals surface area contributed by atoms with Gasteiger partial charge in [0.05, 0.1) is 12.7 Å². The number of Topliss-reactive ketones (excluding diaryl/α,β-unsaturated/α-hetero) is 1. The first-order valence-electron chi connectivity index (χ1n) is 5.42. The van der Waals surface area contributed by atoms with Gasteiger partial charge in [-0.2, -0.15) is 0 Å². The molecule has 1 fully saturated rings. The minimum absolute atomic E-state index is 0.136. The largest absolute Gasteiger partial charge is 0.469 e. The molecule has 0 amide bonds. The highest BCUT2D eigenvalue weighted by atomic mass is 16.3. The van der Waals surface area contributed by atoms with Crippen LogP contribution in [0.5, 0.6) is 0 Å². The van der Waals surface area contributed by atoms with E-state index in [4.69, 9.17) is 4.42 Å². The van der Waals surface area contributed by atoms with Gasteiger partial charge in [-0.3, -0.25) is 4.79 Å². The van der Waals surface area contributed by atoms with E-state index in [-0.39, 0.29) is 16.7 Å². The predicted octanol–water partition coefficient (Wildman–Crippen LogP) is 3.07. The highest BCUT2D eigenvalue weighted by molar-refractivity contribution is 5.87. The van der Waals surface area contributed by atoms with Crippen LogP contribution in [0.4, 0.5) is 0 Å². The smallest absolute Gasteiger partial charge is 0.144 e. The first-order valence-corrected chi connectivity index (χ1v) is 5.42. The highest BCUT2D eigenvalue weighted by Gasteiger charge is 2.67. The van der Waals surface area contributed by atoms with E-state index in [0.717, 1.165) is 5.76 Å². The molecular formula is C13H18O2. The van der Waals surface area contributed by atoms with Crippen molar-refractivity contribution in [2.24, 2.45) is 16.7 Å². The quantitative estimate of drug-likeness (QED) is 0.760. The van der Waals surface area contributed by atoms with Gasteiger partial charge in [0.15, 0.2) is 0 Å². The van der Waals surface area contributed by atoms with Crippen molar-refractivity contribution in [3.05, 3.63) is 24.2 Å². The van der Waals surface area contributed by atoms with Crippen LogP contribution in [0.25, 0.3) is 0 Å². The Balaban J connectivity index is 2.06. The number of carbonyl (C=O) groups is 1. The van der Waals surface area contributed by atoms with Crippen molar-refractivity contribution < 1.29 is 9.21 Å². The molecule has 82 valence electrons. The molecule has 1 aromatic rings. The fourth-order valence-electron chi connectivity index (χ4n) is 2.69. The summed E-state index contributed by atoms with van der Waals surface area (Å²) in [6.45, 7) is 8.66. The molecule has 2 nitrogen and oxygen atoms in total. The molecule has 0 radical (unpaired) electrons. The molecule has 0 N–H and O–H groups in total. The van der Waals surface area contributed by atoms with E-state index in [0.29, 0.717) is 12.2 Å². The Kier molecular flexibility index (Phi) is 2.07. The third-order valence-corrected chi connectivity index (χ3v) is 4.27. The third-order valence-electron chi connectivity index (χ3n) is 4.27.